The molecule has 1 aliphatic heterocycles. The lowest BCUT2D eigenvalue weighted by Crippen LogP contribution is -2.50. The van der Waals surface area contributed by atoms with Crippen LogP contribution >= 0.6 is 0 Å². The van der Waals surface area contributed by atoms with E-state index in [0.29, 0.717) is 5.76 Å². The molecule has 1 N–H and O–H groups in total. The molecule has 0 amide bonds. The Morgan fingerprint density at radius 3 is 2.55 bits per heavy atom. The molecule has 2 heterocycles. The van der Waals surface area contributed by atoms with Crippen molar-refractivity contribution in [3.05, 3.63) is 36.1 Å². The third-order valence-corrected chi connectivity index (χ3v) is 4.55. The molecule has 108 valence electrons. The zero-order chi connectivity index (χ0) is 14.2. The Balaban J connectivity index is 1.87. The fourth-order valence-electron chi connectivity index (χ4n) is 3.13. The van der Waals surface area contributed by atoms with Gasteiger partial charge in [-0.15, -0.1) is 0 Å². The summed E-state index contributed by atoms with van der Waals surface area (Å²) in [5.41, 5.74) is 0.546. The van der Waals surface area contributed by atoms with Crippen LogP contribution < -0.4 is 0 Å². The minimum Gasteiger partial charge on any atom is -0.458 e. The highest BCUT2D eigenvalue weighted by Crippen LogP contribution is 2.35. The molecule has 1 atom stereocenters. The van der Waals surface area contributed by atoms with E-state index in [1.54, 1.807) is 0 Å². The second-order valence-electron chi connectivity index (χ2n) is 6.29. The summed E-state index contributed by atoms with van der Waals surface area (Å²) in [7, 11) is 0. The molecule has 2 aromatic rings. The molecule has 0 bridgehead atoms. The summed E-state index contributed by atoms with van der Waals surface area (Å²) in [5.74, 6) is 0.668. The Bertz CT molecular complexity index is 548. The van der Waals surface area contributed by atoms with E-state index >= 15 is 0 Å². The molecule has 3 nitrogen and oxygen atoms in total. The molecule has 20 heavy (non-hydrogen) atoms. The van der Waals surface area contributed by atoms with Crippen LogP contribution in [0.5, 0.6) is 0 Å². The van der Waals surface area contributed by atoms with Gasteiger partial charge < -0.3 is 9.52 Å². The van der Waals surface area contributed by atoms with Crippen molar-refractivity contribution in [3.63, 3.8) is 0 Å². The van der Waals surface area contributed by atoms with Crippen molar-refractivity contribution in [2.45, 2.75) is 44.8 Å². The van der Waals surface area contributed by atoms with Gasteiger partial charge in [0.2, 0.25) is 0 Å². The summed E-state index contributed by atoms with van der Waals surface area (Å²) >= 11 is 0. The van der Waals surface area contributed by atoms with Crippen LogP contribution in [0.2, 0.25) is 0 Å². The highest BCUT2D eigenvalue weighted by molar-refractivity contribution is 5.77. The number of aliphatic hydroxyl groups excluding tert-OH is 1. The van der Waals surface area contributed by atoms with E-state index in [1.165, 1.54) is 19.3 Å². The molecule has 3 rings (SSSR count). The third kappa shape index (κ3) is 2.36. The van der Waals surface area contributed by atoms with Gasteiger partial charge in [-0.1, -0.05) is 24.6 Å². The van der Waals surface area contributed by atoms with Gasteiger partial charge in [-0.25, -0.2) is 0 Å². The SMILES string of the molecule is CC(C)(C(O)c1cc2ccccc2o1)N1CCCCC1. The second-order valence-corrected chi connectivity index (χ2v) is 6.29. The van der Waals surface area contributed by atoms with E-state index in [0.717, 1.165) is 24.1 Å². The summed E-state index contributed by atoms with van der Waals surface area (Å²) in [6.45, 7) is 6.33. The third-order valence-electron chi connectivity index (χ3n) is 4.55. The number of fused-ring (bicyclic) bond motifs is 1. The summed E-state index contributed by atoms with van der Waals surface area (Å²) in [5, 5.41) is 11.8. The second kappa shape index (κ2) is 5.23. The lowest BCUT2D eigenvalue weighted by molar-refractivity contribution is -0.0304. The molecule has 0 aliphatic carbocycles. The van der Waals surface area contributed by atoms with Crippen molar-refractivity contribution in [1.82, 2.24) is 4.90 Å². The average Bonchev–Trinajstić information content (AvgIpc) is 2.91. The van der Waals surface area contributed by atoms with E-state index in [2.05, 4.69) is 18.7 Å². The van der Waals surface area contributed by atoms with Crippen molar-refractivity contribution < 1.29 is 9.52 Å². The number of benzene rings is 1. The van der Waals surface area contributed by atoms with Crippen LogP contribution in [0.1, 0.15) is 45.0 Å². The molecule has 0 radical (unpaired) electrons. The molecule has 1 unspecified atom stereocenters. The number of furan rings is 1. The Kier molecular flexibility index (Phi) is 3.57. The fraction of sp³-hybridized carbons (Fsp3) is 0.529. The molecule has 1 aromatic heterocycles. The molecular formula is C17H23NO2. The van der Waals surface area contributed by atoms with Crippen molar-refractivity contribution in [2.24, 2.45) is 0 Å². The monoisotopic (exact) mass is 273 g/mol. The Hall–Kier alpha value is -1.32. The minimum atomic E-state index is -0.604. The minimum absolute atomic E-state index is 0.297. The van der Waals surface area contributed by atoms with Gasteiger partial charge in [-0.3, -0.25) is 4.90 Å². The molecule has 1 fully saturated rings. The molecular weight excluding hydrogens is 250 g/mol. The summed E-state index contributed by atoms with van der Waals surface area (Å²) in [6.07, 6.45) is 3.13. The van der Waals surface area contributed by atoms with Gasteiger partial charge in [0, 0.05) is 10.9 Å². The van der Waals surface area contributed by atoms with Gasteiger partial charge in [0.1, 0.15) is 17.4 Å². The smallest absolute Gasteiger partial charge is 0.135 e. The zero-order valence-electron chi connectivity index (χ0n) is 12.3. The van der Waals surface area contributed by atoms with Gasteiger partial charge in [-0.2, -0.15) is 0 Å². The van der Waals surface area contributed by atoms with Crippen LogP contribution in [0.3, 0.4) is 0 Å². The van der Waals surface area contributed by atoms with E-state index < -0.39 is 6.10 Å². The van der Waals surface area contributed by atoms with Crippen molar-refractivity contribution in [1.29, 1.82) is 0 Å². The zero-order valence-corrected chi connectivity index (χ0v) is 12.3. The fourth-order valence-corrected chi connectivity index (χ4v) is 3.13. The molecule has 3 heteroatoms. The summed E-state index contributed by atoms with van der Waals surface area (Å²) in [4.78, 5) is 2.38. The maximum atomic E-state index is 10.8. The van der Waals surface area contributed by atoms with Crippen LogP contribution in [0.4, 0.5) is 0 Å². The maximum absolute atomic E-state index is 10.8. The number of nitrogens with zero attached hydrogens (tertiary/aromatic N) is 1. The highest BCUT2D eigenvalue weighted by atomic mass is 16.4. The first-order valence-electron chi connectivity index (χ1n) is 7.50. The van der Waals surface area contributed by atoms with Gasteiger partial charge in [0.05, 0.1) is 0 Å². The standard InChI is InChI=1S/C17H23NO2/c1-17(2,18-10-6-3-7-11-18)16(19)15-12-13-8-4-5-9-14(13)20-15/h4-5,8-9,12,16,19H,3,6-7,10-11H2,1-2H3. The molecule has 1 aromatic carbocycles. The highest BCUT2D eigenvalue weighted by Gasteiger charge is 2.37. The Morgan fingerprint density at radius 2 is 1.85 bits per heavy atom. The van der Waals surface area contributed by atoms with Crippen LogP contribution in [0.15, 0.2) is 34.7 Å². The van der Waals surface area contributed by atoms with E-state index in [9.17, 15) is 5.11 Å². The lowest BCUT2D eigenvalue weighted by atomic mass is 9.90. The van der Waals surface area contributed by atoms with Crippen LogP contribution in [0, 0.1) is 0 Å². The molecule has 0 saturated carbocycles. The average molecular weight is 273 g/mol. The van der Waals surface area contributed by atoms with Crippen molar-refractivity contribution >= 4 is 11.0 Å². The van der Waals surface area contributed by atoms with Crippen molar-refractivity contribution in [2.75, 3.05) is 13.1 Å². The number of rotatable bonds is 3. The van der Waals surface area contributed by atoms with Crippen LogP contribution in [-0.4, -0.2) is 28.6 Å². The van der Waals surface area contributed by atoms with Crippen LogP contribution in [-0.2, 0) is 0 Å². The molecule has 0 spiro atoms. The first-order valence-corrected chi connectivity index (χ1v) is 7.50. The first kappa shape index (κ1) is 13.7. The number of likely N-dealkylation sites (tertiary alicyclic amines) is 1. The Morgan fingerprint density at radius 1 is 1.15 bits per heavy atom. The van der Waals surface area contributed by atoms with E-state index in [4.69, 9.17) is 4.42 Å². The van der Waals surface area contributed by atoms with Gasteiger partial charge >= 0.3 is 0 Å². The molecule has 1 saturated heterocycles. The van der Waals surface area contributed by atoms with E-state index in [1.807, 2.05) is 30.3 Å². The van der Waals surface area contributed by atoms with Gasteiger partial charge in [-0.05, 0) is 51.9 Å². The quantitative estimate of drug-likeness (QED) is 0.925. The topological polar surface area (TPSA) is 36.6 Å². The summed E-state index contributed by atoms with van der Waals surface area (Å²) in [6, 6.07) is 9.87. The van der Waals surface area contributed by atoms with Crippen LogP contribution in [0.25, 0.3) is 11.0 Å². The number of piperidine rings is 1. The van der Waals surface area contributed by atoms with E-state index in [-0.39, 0.29) is 5.54 Å². The number of hydrogen-bond donors (Lipinski definition) is 1. The lowest BCUT2D eigenvalue weighted by Gasteiger charge is -2.43. The number of aliphatic hydroxyl groups is 1. The number of para-hydroxylation sites is 1. The summed E-state index contributed by atoms with van der Waals surface area (Å²) < 4.78 is 5.83. The van der Waals surface area contributed by atoms with Gasteiger partial charge in [0.25, 0.3) is 0 Å². The first-order chi connectivity index (χ1) is 9.59. The predicted molar refractivity (Wildman–Crippen MR) is 80.7 cm³/mol. The maximum Gasteiger partial charge on any atom is 0.135 e. The normalized spacial score (nSPS) is 19.4. The van der Waals surface area contributed by atoms with Crippen molar-refractivity contribution in [3.8, 4) is 0 Å². The number of hydrogen-bond acceptors (Lipinski definition) is 3. The molecule has 1 aliphatic rings. The van der Waals surface area contributed by atoms with Gasteiger partial charge in [0.15, 0.2) is 0 Å². The predicted octanol–water partition coefficient (Wildman–Crippen LogP) is 3.73. The largest absolute Gasteiger partial charge is 0.458 e. The Labute approximate surface area is 120 Å².